The highest BCUT2D eigenvalue weighted by molar-refractivity contribution is 5.15. The summed E-state index contributed by atoms with van der Waals surface area (Å²) in [6.45, 7) is 5.31. The molecule has 114 valence electrons. The van der Waals surface area contributed by atoms with Crippen molar-refractivity contribution in [3.8, 4) is 0 Å². The first-order valence-electron chi connectivity index (χ1n) is 7.77. The van der Waals surface area contributed by atoms with Crippen LogP contribution in [0.2, 0.25) is 0 Å². The molecule has 4 heterocycles. The van der Waals surface area contributed by atoms with E-state index < -0.39 is 0 Å². The Hall–Kier alpha value is -1.82. The van der Waals surface area contributed by atoms with Gasteiger partial charge in [0, 0.05) is 26.2 Å². The van der Waals surface area contributed by atoms with Gasteiger partial charge in [0.15, 0.2) is 0 Å². The molecule has 2 aromatic heterocycles. The maximum atomic E-state index is 4.83. The van der Waals surface area contributed by atoms with Crippen molar-refractivity contribution in [3.05, 3.63) is 59.2 Å². The van der Waals surface area contributed by atoms with Crippen LogP contribution >= 0.6 is 0 Å². The Kier molecular flexibility index (Phi) is 3.62. The standard InChI is InChI=1S/C17H21N5/c1-20-12-21-8-14-4-2-5-15(18-14)9-22(13-20)11-17-7-3-6-16(10-21)19-17/h2-7H,8-13H2,1H3. The molecule has 0 aliphatic carbocycles. The van der Waals surface area contributed by atoms with Gasteiger partial charge in [0.05, 0.1) is 36.1 Å². The van der Waals surface area contributed by atoms with E-state index in [-0.39, 0.29) is 0 Å². The Balaban J connectivity index is 1.79. The zero-order chi connectivity index (χ0) is 14.9. The number of hydrogen-bond acceptors (Lipinski definition) is 5. The minimum Gasteiger partial charge on any atom is -0.281 e. The van der Waals surface area contributed by atoms with Crippen molar-refractivity contribution in [3.63, 3.8) is 0 Å². The van der Waals surface area contributed by atoms with E-state index in [9.17, 15) is 0 Å². The molecule has 0 saturated carbocycles. The van der Waals surface area contributed by atoms with E-state index in [0.29, 0.717) is 0 Å². The van der Waals surface area contributed by atoms with E-state index in [0.717, 1.165) is 62.3 Å². The summed E-state index contributed by atoms with van der Waals surface area (Å²) in [5.74, 6) is 0. The lowest BCUT2D eigenvalue weighted by Gasteiger charge is -2.34. The van der Waals surface area contributed by atoms with Crippen LogP contribution in [0.4, 0.5) is 0 Å². The summed E-state index contributed by atoms with van der Waals surface area (Å²) in [5.41, 5.74) is 4.57. The van der Waals surface area contributed by atoms with E-state index in [1.807, 2.05) is 0 Å². The Labute approximate surface area is 131 Å². The third-order valence-corrected chi connectivity index (χ3v) is 4.15. The summed E-state index contributed by atoms with van der Waals surface area (Å²) in [7, 11) is 2.19. The molecule has 0 radical (unpaired) electrons. The van der Waals surface area contributed by atoms with Crippen molar-refractivity contribution >= 4 is 0 Å². The third kappa shape index (κ3) is 3.02. The van der Waals surface area contributed by atoms with Gasteiger partial charge in [0.2, 0.25) is 0 Å². The molecule has 0 fully saturated rings. The zero-order valence-electron chi connectivity index (χ0n) is 12.9. The summed E-state index contributed by atoms with van der Waals surface area (Å²) in [6.07, 6.45) is 0. The SMILES string of the molecule is CN1CN2Cc3cccc(n3)CN(Cc3cccc(n3)C2)C1. The van der Waals surface area contributed by atoms with Gasteiger partial charge in [-0.3, -0.25) is 24.7 Å². The third-order valence-electron chi connectivity index (χ3n) is 4.15. The smallest absolute Gasteiger partial charge is 0.0548 e. The first kappa shape index (κ1) is 13.8. The molecule has 5 heteroatoms. The molecule has 2 aromatic rings. The highest BCUT2D eigenvalue weighted by atomic mass is 15.4. The lowest BCUT2D eigenvalue weighted by Crippen LogP contribution is -2.43. The molecule has 6 bridgehead atoms. The fraction of sp³-hybridized carbons (Fsp3) is 0.412. The molecule has 22 heavy (non-hydrogen) atoms. The summed E-state index contributed by atoms with van der Waals surface area (Å²) >= 11 is 0. The van der Waals surface area contributed by atoms with Crippen LogP contribution in [-0.4, -0.2) is 45.1 Å². The van der Waals surface area contributed by atoms with Crippen LogP contribution in [-0.2, 0) is 26.2 Å². The normalized spacial score (nSPS) is 25.1. The van der Waals surface area contributed by atoms with Crippen molar-refractivity contribution in [1.29, 1.82) is 0 Å². The lowest BCUT2D eigenvalue weighted by molar-refractivity contribution is 0.0660. The van der Waals surface area contributed by atoms with Crippen LogP contribution in [0.15, 0.2) is 36.4 Å². The van der Waals surface area contributed by atoms with Gasteiger partial charge in [-0.1, -0.05) is 12.1 Å². The molecule has 0 N–H and O–H groups in total. The topological polar surface area (TPSA) is 35.5 Å². The van der Waals surface area contributed by atoms with Gasteiger partial charge >= 0.3 is 0 Å². The van der Waals surface area contributed by atoms with Gasteiger partial charge in [-0.25, -0.2) is 0 Å². The molecule has 2 aliphatic heterocycles. The van der Waals surface area contributed by atoms with Gasteiger partial charge in [-0.05, 0) is 31.3 Å². The van der Waals surface area contributed by atoms with Crippen LogP contribution in [0.3, 0.4) is 0 Å². The van der Waals surface area contributed by atoms with Crippen LogP contribution in [0.5, 0.6) is 0 Å². The Morgan fingerprint density at radius 3 is 1.41 bits per heavy atom. The highest BCUT2D eigenvalue weighted by Gasteiger charge is 2.19. The summed E-state index contributed by atoms with van der Waals surface area (Å²) in [4.78, 5) is 16.8. The van der Waals surface area contributed by atoms with Crippen molar-refractivity contribution in [1.82, 2.24) is 24.7 Å². The number of hydrogen-bond donors (Lipinski definition) is 0. The van der Waals surface area contributed by atoms with Crippen LogP contribution in [0.1, 0.15) is 22.8 Å². The van der Waals surface area contributed by atoms with E-state index in [1.165, 1.54) is 0 Å². The van der Waals surface area contributed by atoms with Crippen LogP contribution < -0.4 is 0 Å². The van der Waals surface area contributed by atoms with Gasteiger partial charge in [0.25, 0.3) is 0 Å². The monoisotopic (exact) mass is 295 g/mol. The van der Waals surface area contributed by atoms with Crippen molar-refractivity contribution in [2.24, 2.45) is 0 Å². The zero-order valence-corrected chi connectivity index (χ0v) is 12.9. The number of nitrogens with zero attached hydrogens (tertiary/aromatic N) is 5. The first-order chi connectivity index (χ1) is 10.7. The van der Waals surface area contributed by atoms with Crippen LogP contribution in [0.25, 0.3) is 0 Å². The number of fused-ring (bicyclic) bond motifs is 8. The minimum absolute atomic E-state index is 0.865. The molecule has 0 atom stereocenters. The predicted molar refractivity (Wildman–Crippen MR) is 84.5 cm³/mol. The number of rotatable bonds is 0. The van der Waals surface area contributed by atoms with Gasteiger partial charge < -0.3 is 0 Å². The van der Waals surface area contributed by atoms with Gasteiger partial charge in [0.1, 0.15) is 0 Å². The number of pyridine rings is 2. The van der Waals surface area contributed by atoms with E-state index >= 15 is 0 Å². The Morgan fingerprint density at radius 2 is 1.05 bits per heavy atom. The average Bonchev–Trinajstić information content (AvgIpc) is 2.46. The fourth-order valence-electron chi connectivity index (χ4n) is 3.37. The highest BCUT2D eigenvalue weighted by Crippen LogP contribution is 2.16. The second kappa shape index (κ2) is 5.76. The molecule has 5 nitrogen and oxygen atoms in total. The molecular formula is C17H21N5. The van der Waals surface area contributed by atoms with Crippen molar-refractivity contribution < 1.29 is 0 Å². The molecule has 0 saturated heterocycles. The minimum atomic E-state index is 0.865. The summed E-state index contributed by atoms with van der Waals surface area (Å²) in [6, 6.07) is 12.7. The van der Waals surface area contributed by atoms with E-state index in [1.54, 1.807) is 0 Å². The van der Waals surface area contributed by atoms with Crippen LogP contribution in [0, 0.1) is 0 Å². The predicted octanol–water partition coefficient (Wildman–Crippen LogP) is 1.65. The summed E-state index contributed by atoms with van der Waals surface area (Å²) < 4.78 is 0. The molecular weight excluding hydrogens is 274 g/mol. The molecule has 2 aliphatic rings. The Bertz CT molecular complexity index is 572. The van der Waals surface area contributed by atoms with E-state index in [2.05, 4.69) is 58.1 Å². The number of aromatic nitrogens is 2. The molecule has 0 spiro atoms. The van der Waals surface area contributed by atoms with Crippen molar-refractivity contribution in [2.45, 2.75) is 26.2 Å². The van der Waals surface area contributed by atoms with Crippen molar-refractivity contribution in [2.75, 3.05) is 20.4 Å². The largest absolute Gasteiger partial charge is 0.281 e. The van der Waals surface area contributed by atoms with Gasteiger partial charge in [-0.15, -0.1) is 0 Å². The molecule has 0 aromatic carbocycles. The lowest BCUT2D eigenvalue weighted by atomic mass is 10.2. The average molecular weight is 295 g/mol. The fourth-order valence-corrected chi connectivity index (χ4v) is 3.37. The first-order valence-corrected chi connectivity index (χ1v) is 7.77. The van der Waals surface area contributed by atoms with E-state index in [4.69, 9.17) is 9.97 Å². The quantitative estimate of drug-likeness (QED) is 0.738. The van der Waals surface area contributed by atoms with Gasteiger partial charge in [-0.2, -0.15) is 0 Å². The molecule has 4 rings (SSSR count). The second-order valence-electron chi connectivity index (χ2n) is 6.35. The maximum absolute atomic E-state index is 4.83. The summed E-state index contributed by atoms with van der Waals surface area (Å²) in [5, 5.41) is 0. The maximum Gasteiger partial charge on any atom is 0.0548 e. The Morgan fingerprint density at radius 1 is 0.682 bits per heavy atom. The molecule has 0 amide bonds. The molecule has 0 unspecified atom stereocenters. The second-order valence-corrected chi connectivity index (χ2v) is 6.35.